The van der Waals surface area contributed by atoms with E-state index in [2.05, 4.69) is 50.4 Å². The van der Waals surface area contributed by atoms with Crippen molar-refractivity contribution in [1.29, 1.82) is 0 Å². The molecule has 17 heavy (non-hydrogen) atoms. The van der Waals surface area contributed by atoms with Crippen LogP contribution in [0, 0.1) is 13.8 Å². The standard InChI is InChI=1S/C14H16ClNS/c1-9-4-5-12(8-10(9)2)16-11(3)13-6-7-14(15)17-13/h4-8,11,16H,1-3H3. The van der Waals surface area contributed by atoms with E-state index >= 15 is 0 Å². The molecule has 0 radical (unpaired) electrons. The molecule has 2 aromatic rings. The van der Waals surface area contributed by atoms with Crippen molar-refractivity contribution in [2.45, 2.75) is 26.8 Å². The monoisotopic (exact) mass is 265 g/mol. The second kappa shape index (κ2) is 5.11. The molecular formula is C14H16ClNS. The summed E-state index contributed by atoms with van der Waals surface area (Å²) in [5.74, 6) is 0. The average Bonchev–Trinajstić information content (AvgIpc) is 2.70. The number of nitrogens with one attached hydrogen (secondary N) is 1. The number of halogens is 1. The van der Waals surface area contributed by atoms with Gasteiger partial charge in [0.25, 0.3) is 0 Å². The van der Waals surface area contributed by atoms with Gasteiger partial charge in [0, 0.05) is 10.6 Å². The first kappa shape index (κ1) is 12.5. The molecule has 0 aliphatic carbocycles. The van der Waals surface area contributed by atoms with Gasteiger partial charge in [-0.1, -0.05) is 17.7 Å². The molecule has 0 aliphatic rings. The van der Waals surface area contributed by atoms with E-state index in [4.69, 9.17) is 11.6 Å². The van der Waals surface area contributed by atoms with Crippen molar-refractivity contribution in [3.8, 4) is 0 Å². The lowest BCUT2D eigenvalue weighted by Gasteiger charge is -2.14. The normalized spacial score (nSPS) is 12.5. The van der Waals surface area contributed by atoms with Crippen LogP contribution in [0.5, 0.6) is 0 Å². The summed E-state index contributed by atoms with van der Waals surface area (Å²) in [5, 5.41) is 3.49. The predicted octanol–water partition coefficient (Wildman–Crippen LogP) is 5.19. The van der Waals surface area contributed by atoms with E-state index in [1.807, 2.05) is 6.07 Å². The van der Waals surface area contributed by atoms with E-state index in [1.54, 1.807) is 11.3 Å². The lowest BCUT2D eigenvalue weighted by atomic mass is 10.1. The molecular weight excluding hydrogens is 250 g/mol. The highest BCUT2D eigenvalue weighted by atomic mass is 35.5. The third-order valence-corrected chi connectivity index (χ3v) is 4.32. The molecule has 1 N–H and O–H groups in total. The quantitative estimate of drug-likeness (QED) is 0.805. The number of rotatable bonds is 3. The lowest BCUT2D eigenvalue weighted by Crippen LogP contribution is -2.04. The van der Waals surface area contributed by atoms with Gasteiger partial charge in [-0.3, -0.25) is 0 Å². The fourth-order valence-electron chi connectivity index (χ4n) is 1.71. The molecule has 0 saturated carbocycles. The molecule has 1 nitrogen and oxygen atoms in total. The zero-order valence-corrected chi connectivity index (χ0v) is 11.8. The van der Waals surface area contributed by atoms with E-state index in [1.165, 1.54) is 16.0 Å². The molecule has 1 unspecified atom stereocenters. The maximum absolute atomic E-state index is 5.94. The zero-order chi connectivity index (χ0) is 12.4. The second-order valence-corrected chi connectivity index (χ2v) is 6.05. The number of aryl methyl sites for hydroxylation is 2. The summed E-state index contributed by atoms with van der Waals surface area (Å²) in [6.45, 7) is 6.41. The van der Waals surface area contributed by atoms with Crippen LogP contribution in [0.2, 0.25) is 4.34 Å². The fraction of sp³-hybridized carbons (Fsp3) is 0.286. The van der Waals surface area contributed by atoms with Crippen LogP contribution in [0.1, 0.15) is 29.0 Å². The number of hydrogen-bond donors (Lipinski definition) is 1. The number of hydrogen-bond acceptors (Lipinski definition) is 2. The molecule has 90 valence electrons. The molecule has 3 heteroatoms. The summed E-state index contributed by atoms with van der Waals surface area (Å²) < 4.78 is 0.841. The maximum Gasteiger partial charge on any atom is 0.0932 e. The van der Waals surface area contributed by atoms with Crippen LogP contribution < -0.4 is 5.32 Å². The third kappa shape index (κ3) is 3.02. The smallest absolute Gasteiger partial charge is 0.0932 e. The highest BCUT2D eigenvalue weighted by Crippen LogP contribution is 2.29. The van der Waals surface area contributed by atoms with Crippen molar-refractivity contribution in [2.75, 3.05) is 5.32 Å². The number of anilines is 1. The minimum Gasteiger partial charge on any atom is -0.378 e. The van der Waals surface area contributed by atoms with Gasteiger partial charge in [-0.05, 0) is 56.2 Å². The van der Waals surface area contributed by atoms with Gasteiger partial charge < -0.3 is 5.32 Å². The Morgan fingerprint density at radius 3 is 2.47 bits per heavy atom. The summed E-state index contributed by atoms with van der Waals surface area (Å²) in [6.07, 6.45) is 0. The van der Waals surface area contributed by atoms with Crippen LogP contribution in [0.25, 0.3) is 0 Å². The average molecular weight is 266 g/mol. The Balaban J connectivity index is 2.12. The van der Waals surface area contributed by atoms with Gasteiger partial charge in [0.15, 0.2) is 0 Å². The van der Waals surface area contributed by atoms with Gasteiger partial charge in [-0.15, -0.1) is 11.3 Å². The van der Waals surface area contributed by atoms with E-state index in [0.717, 1.165) is 10.0 Å². The molecule has 0 spiro atoms. The fourth-order valence-corrected chi connectivity index (χ4v) is 2.78. The van der Waals surface area contributed by atoms with Crippen LogP contribution in [0.15, 0.2) is 30.3 Å². The molecule has 0 bridgehead atoms. The number of thiophene rings is 1. The summed E-state index contributed by atoms with van der Waals surface area (Å²) >= 11 is 7.57. The Hall–Kier alpha value is -0.990. The minimum atomic E-state index is 0.287. The number of benzene rings is 1. The van der Waals surface area contributed by atoms with Crippen molar-refractivity contribution in [2.24, 2.45) is 0 Å². The minimum absolute atomic E-state index is 0.287. The summed E-state index contributed by atoms with van der Waals surface area (Å²) in [4.78, 5) is 1.26. The Bertz CT molecular complexity index is 519. The van der Waals surface area contributed by atoms with Crippen molar-refractivity contribution < 1.29 is 0 Å². The zero-order valence-electron chi connectivity index (χ0n) is 10.3. The molecule has 1 aromatic carbocycles. The van der Waals surface area contributed by atoms with Gasteiger partial charge in [0.2, 0.25) is 0 Å². The van der Waals surface area contributed by atoms with Gasteiger partial charge in [0.05, 0.1) is 10.4 Å². The Morgan fingerprint density at radius 2 is 1.88 bits per heavy atom. The molecule has 2 rings (SSSR count). The topological polar surface area (TPSA) is 12.0 Å². The van der Waals surface area contributed by atoms with E-state index in [9.17, 15) is 0 Å². The van der Waals surface area contributed by atoms with Crippen molar-refractivity contribution in [3.63, 3.8) is 0 Å². The van der Waals surface area contributed by atoms with Crippen molar-refractivity contribution in [1.82, 2.24) is 0 Å². The van der Waals surface area contributed by atoms with Crippen molar-refractivity contribution >= 4 is 28.6 Å². The van der Waals surface area contributed by atoms with Crippen LogP contribution >= 0.6 is 22.9 Å². The summed E-state index contributed by atoms with van der Waals surface area (Å²) in [7, 11) is 0. The molecule has 0 aliphatic heterocycles. The van der Waals surface area contributed by atoms with Gasteiger partial charge in [-0.25, -0.2) is 0 Å². The van der Waals surface area contributed by atoms with Crippen LogP contribution in [-0.4, -0.2) is 0 Å². The largest absolute Gasteiger partial charge is 0.378 e. The lowest BCUT2D eigenvalue weighted by molar-refractivity contribution is 0.907. The first-order valence-corrected chi connectivity index (χ1v) is 6.85. The molecule has 1 heterocycles. The van der Waals surface area contributed by atoms with E-state index < -0.39 is 0 Å². The first-order valence-electron chi connectivity index (χ1n) is 5.65. The maximum atomic E-state index is 5.94. The molecule has 0 saturated heterocycles. The third-order valence-electron chi connectivity index (χ3n) is 2.91. The Morgan fingerprint density at radius 1 is 1.12 bits per heavy atom. The highest BCUT2D eigenvalue weighted by molar-refractivity contribution is 7.16. The van der Waals surface area contributed by atoms with Crippen LogP contribution in [0.3, 0.4) is 0 Å². The second-order valence-electron chi connectivity index (χ2n) is 4.31. The SMILES string of the molecule is Cc1ccc(NC(C)c2ccc(Cl)s2)cc1C. The van der Waals surface area contributed by atoms with Crippen molar-refractivity contribution in [3.05, 3.63) is 50.7 Å². The van der Waals surface area contributed by atoms with Crippen LogP contribution in [-0.2, 0) is 0 Å². The molecule has 0 fully saturated rings. The Kier molecular flexibility index (Phi) is 3.75. The van der Waals surface area contributed by atoms with Gasteiger partial charge >= 0.3 is 0 Å². The van der Waals surface area contributed by atoms with Crippen LogP contribution in [0.4, 0.5) is 5.69 Å². The van der Waals surface area contributed by atoms with E-state index in [0.29, 0.717) is 0 Å². The van der Waals surface area contributed by atoms with Gasteiger partial charge in [-0.2, -0.15) is 0 Å². The summed E-state index contributed by atoms with van der Waals surface area (Å²) in [5.41, 5.74) is 3.79. The highest BCUT2D eigenvalue weighted by Gasteiger charge is 2.08. The molecule has 0 amide bonds. The summed E-state index contributed by atoms with van der Waals surface area (Å²) in [6, 6.07) is 10.8. The molecule has 1 atom stereocenters. The first-order chi connectivity index (χ1) is 8.06. The Labute approximate surface area is 111 Å². The molecule has 1 aromatic heterocycles. The van der Waals surface area contributed by atoms with E-state index in [-0.39, 0.29) is 6.04 Å². The predicted molar refractivity (Wildman–Crippen MR) is 77.3 cm³/mol. The van der Waals surface area contributed by atoms with Gasteiger partial charge in [0.1, 0.15) is 0 Å².